The van der Waals surface area contributed by atoms with Gasteiger partial charge in [0.05, 0.1) is 13.2 Å². The number of pyridine rings is 1. The van der Waals surface area contributed by atoms with E-state index in [1.165, 1.54) is 0 Å². The molecule has 0 bridgehead atoms. The molecule has 2 rings (SSSR count). The Morgan fingerprint density at radius 2 is 2.05 bits per heavy atom. The Labute approximate surface area is 124 Å². The molecule has 0 atom stereocenters. The lowest BCUT2D eigenvalue weighted by Crippen LogP contribution is -2.09. The molecule has 0 spiro atoms. The third kappa shape index (κ3) is 3.98. The van der Waals surface area contributed by atoms with Crippen LogP contribution in [0.2, 0.25) is 0 Å². The van der Waals surface area contributed by atoms with Crippen LogP contribution in [0.25, 0.3) is 11.4 Å². The molecular weight excluding hydrogens is 272 g/mol. The lowest BCUT2D eigenvalue weighted by atomic mass is 10.1. The van der Waals surface area contributed by atoms with Crippen molar-refractivity contribution in [1.82, 2.24) is 19.7 Å². The number of nitrogens with zero attached hydrogens (tertiary/aromatic N) is 3. The Morgan fingerprint density at radius 3 is 2.75 bits per heavy atom. The van der Waals surface area contributed by atoms with Crippen molar-refractivity contribution < 1.29 is 4.74 Å². The molecule has 0 saturated heterocycles. The van der Waals surface area contributed by atoms with E-state index in [0.29, 0.717) is 23.8 Å². The highest BCUT2D eigenvalue weighted by atomic mass is 32.1. The second-order valence-electron chi connectivity index (χ2n) is 5.03. The SMILES string of the molecule is CC(C)CCOCCn1c(-c2ccncc2)n[nH]c1=S. The number of hydrogen-bond donors (Lipinski definition) is 1. The van der Waals surface area contributed by atoms with E-state index in [2.05, 4.69) is 29.0 Å². The van der Waals surface area contributed by atoms with Gasteiger partial charge in [-0.25, -0.2) is 0 Å². The first-order valence-electron chi connectivity index (χ1n) is 6.82. The molecular formula is C14H20N4OS. The fourth-order valence-corrected chi connectivity index (χ4v) is 2.05. The van der Waals surface area contributed by atoms with Gasteiger partial charge >= 0.3 is 0 Å². The summed E-state index contributed by atoms with van der Waals surface area (Å²) in [5, 5.41) is 7.11. The highest BCUT2D eigenvalue weighted by Gasteiger charge is 2.08. The van der Waals surface area contributed by atoms with Gasteiger partial charge in [-0.15, -0.1) is 0 Å². The highest BCUT2D eigenvalue weighted by Crippen LogP contribution is 2.15. The summed E-state index contributed by atoms with van der Waals surface area (Å²) in [6.07, 6.45) is 4.57. The first kappa shape index (κ1) is 14.9. The molecule has 2 aromatic heterocycles. The standard InChI is InChI=1S/C14H20N4OS/c1-11(2)5-9-19-10-8-18-13(16-17-14(18)20)12-3-6-15-7-4-12/h3-4,6-7,11H,5,8-10H2,1-2H3,(H,17,20). The van der Waals surface area contributed by atoms with Crippen molar-refractivity contribution in [3.8, 4) is 11.4 Å². The smallest absolute Gasteiger partial charge is 0.195 e. The molecule has 0 aliphatic rings. The highest BCUT2D eigenvalue weighted by molar-refractivity contribution is 7.71. The molecule has 6 heteroatoms. The van der Waals surface area contributed by atoms with Crippen LogP contribution in [0.15, 0.2) is 24.5 Å². The third-order valence-corrected chi connectivity index (χ3v) is 3.31. The summed E-state index contributed by atoms with van der Waals surface area (Å²) in [5.74, 6) is 1.49. The van der Waals surface area contributed by atoms with Crippen molar-refractivity contribution in [2.24, 2.45) is 5.92 Å². The van der Waals surface area contributed by atoms with Crippen LogP contribution in [0, 0.1) is 10.7 Å². The van der Waals surface area contributed by atoms with E-state index >= 15 is 0 Å². The van der Waals surface area contributed by atoms with Crippen molar-refractivity contribution in [1.29, 1.82) is 0 Å². The quantitative estimate of drug-likeness (QED) is 0.629. The van der Waals surface area contributed by atoms with Crippen molar-refractivity contribution in [2.75, 3.05) is 13.2 Å². The predicted molar refractivity (Wildman–Crippen MR) is 80.9 cm³/mol. The normalized spacial score (nSPS) is 11.2. The zero-order valence-corrected chi connectivity index (χ0v) is 12.7. The molecule has 2 aromatic rings. The van der Waals surface area contributed by atoms with E-state index in [1.54, 1.807) is 12.4 Å². The summed E-state index contributed by atoms with van der Waals surface area (Å²) in [5.41, 5.74) is 0.995. The molecule has 0 aromatic carbocycles. The van der Waals surface area contributed by atoms with Gasteiger partial charge in [-0.3, -0.25) is 14.6 Å². The van der Waals surface area contributed by atoms with E-state index in [9.17, 15) is 0 Å². The Balaban J connectivity index is 1.98. The predicted octanol–water partition coefficient (Wildman–Crippen LogP) is 3.07. The summed E-state index contributed by atoms with van der Waals surface area (Å²) < 4.78 is 8.22. The summed E-state index contributed by atoms with van der Waals surface area (Å²) >= 11 is 5.27. The van der Waals surface area contributed by atoms with Gasteiger partial charge in [-0.05, 0) is 36.7 Å². The van der Waals surface area contributed by atoms with Crippen LogP contribution >= 0.6 is 12.2 Å². The van der Waals surface area contributed by atoms with Crippen molar-refractivity contribution in [3.05, 3.63) is 29.3 Å². The van der Waals surface area contributed by atoms with Gasteiger partial charge in [-0.1, -0.05) is 13.8 Å². The number of rotatable bonds is 7. The Kier molecular flexibility index (Phi) is 5.43. The van der Waals surface area contributed by atoms with E-state index in [-0.39, 0.29) is 0 Å². The maximum absolute atomic E-state index is 5.64. The minimum Gasteiger partial charge on any atom is -0.380 e. The monoisotopic (exact) mass is 292 g/mol. The molecule has 0 amide bonds. The molecule has 0 aliphatic heterocycles. The van der Waals surface area contributed by atoms with Gasteiger partial charge in [0.1, 0.15) is 0 Å². The van der Waals surface area contributed by atoms with Gasteiger partial charge in [0.25, 0.3) is 0 Å². The fourth-order valence-electron chi connectivity index (χ4n) is 1.82. The average Bonchev–Trinajstić information content (AvgIpc) is 2.80. The molecule has 0 radical (unpaired) electrons. The number of ether oxygens (including phenoxy) is 1. The topological polar surface area (TPSA) is 55.7 Å². The zero-order valence-electron chi connectivity index (χ0n) is 11.9. The molecule has 108 valence electrons. The maximum atomic E-state index is 5.64. The van der Waals surface area contributed by atoms with Crippen molar-refractivity contribution >= 4 is 12.2 Å². The molecule has 0 saturated carbocycles. The summed E-state index contributed by atoms with van der Waals surface area (Å²) in [6.45, 7) is 6.51. The van der Waals surface area contributed by atoms with Crippen LogP contribution < -0.4 is 0 Å². The summed E-state index contributed by atoms with van der Waals surface area (Å²) in [7, 11) is 0. The first-order valence-corrected chi connectivity index (χ1v) is 7.22. The van der Waals surface area contributed by atoms with Crippen LogP contribution in [0.1, 0.15) is 20.3 Å². The Morgan fingerprint density at radius 1 is 1.30 bits per heavy atom. The molecule has 0 aliphatic carbocycles. The maximum Gasteiger partial charge on any atom is 0.195 e. The van der Waals surface area contributed by atoms with E-state index in [4.69, 9.17) is 17.0 Å². The molecule has 0 fully saturated rings. The van der Waals surface area contributed by atoms with Gasteiger partial charge in [-0.2, -0.15) is 5.10 Å². The molecule has 1 N–H and O–H groups in total. The third-order valence-electron chi connectivity index (χ3n) is 3.00. The van der Waals surface area contributed by atoms with Gasteiger partial charge < -0.3 is 4.74 Å². The summed E-state index contributed by atoms with van der Waals surface area (Å²) in [4.78, 5) is 4.01. The number of aromatic nitrogens is 4. The first-order chi connectivity index (χ1) is 9.68. The molecule has 2 heterocycles. The van der Waals surface area contributed by atoms with Crippen molar-refractivity contribution in [2.45, 2.75) is 26.8 Å². The van der Waals surface area contributed by atoms with Crippen molar-refractivity contribution in [3.63, 3.8) is 0 Å². The lowest BCUT2D eigenvalue weighted by molar-refractivity contribution is 0.116. The zero-order chi connectivity index (χ0) is 14.4. The van der Waals surface area contributed by atoms with E-state index in [0.717, 1.165) is 24.4 Å². The Hall–Kier alpha value is -1.53. The minimum atomic E-state index is 0.615. The number of hydrogen-bond acceptors (Lipinski definition) is 4. The van der Waals surface area contributed by atoms with Crippen LogP contribution in [-0.2, 0) is 11.3 Å². The lowest BCUT2D eigenvalue weighted by Gasteiger charge is -2.09. The van der Waals surface area contributed by atoms with E-state index < -0.39 is 0 Å². The minimum absolute atomic E-state index is 0.615. The second-order valence-corrected chi connectivity index (χ2v) is 5.42. The molecule has 0 unspecified atom stereocenters. The van der Waals surface area contributed by atoms with Gasteiger partial charge in [0.2, 0.25) is 0 Å². The van der Waals surface area contributed by atoms with Gasteiger partial charge in [0.15, 0.2) is 10.6 Å². The van der Waals surface area contributed by atoms with Gasteiger partial charge in [0, 0.05) is 24.6 Å². The number of aromatic amines is 1. The average molecular weight is 292 g/mol. The molecule has 20 heavy (non-hydrogen) atoms. The second kappa shape index (κ2) is 7.31. The van der Waals surface area contributed by atoms with Crippen LogP contribution in [0.3, 0.4) is 0 Å². The summed E-state index contributed by atoms with van der Waals surface area (Å²) in [6, 6.07) is 3.84. The van der Waals surface area contributed by atoms with E-state index in [1.807, 2.05) is 16.7 Å². The van der Waals surface area contributed by atoms with Crippen LogP contribution in [0.5, 0.6) is 0 Å². The Bertz CT molecular complexity index is 576. The molecule has 5 nitrogen and oxygen atoms in total. The number of nitrogens with one attached hydrogen (secondary N) is 1. The number of H-pyrrole nitrogens is 1. The largest absolute Gasteiger partial charge is 0.380 e. The van der Waals surface area contributed by atoms with Crippen LogP contribution in [0.4, 0.5) is 0 Å². The van der Waals surface area contributed by atoms with Crippen LogP contribution in [-0.4, -0.2) is 33.0 Å². The fraction of sp³-hybridized carbons (Fsp3) is 0.500.